The molecule has 2 bridgehead atoms. The lowest BCUT2D eigenvalue weighted by molar-refractivity contribution is -0.156. The minimum absolute atomic E-state index is 0.0964. The number of hydrogen-bond acceptors (Lipinski definition) is 8. The number of nitrogens with zero attached hydrogens (tertiary/aromatic N) is 5. The molecule has 4 saturated heterocycles. The highest BCUT2D eigenvalue weighted by Gasteiger charge is 2.46. The van der Waals surface area contributed by atoms with E-state index in [1.807, 2.05) is 12.1 Å². The van der Waals surface area contributed by atoms with Crippen LogP contribution in [0.15, 0.2) is 36.4 Å². The first-order valence-corrected chi connectivity index (χ1v) is 16.8. The highest BCUT2D eigenvalue weighted by atomic mass is 19.4. The van der Waals surface area contributed by atoms with Gasteiger partial charge >= 0.3 is 6.18 Å². The minimum atomic E-state index is -4.64. The van der Waals surface area contributed by atoms with Crippen molar-refractivity contribution in [3.63, 3.8) is 0 Å². The van der Waals surface area contributed by atoms with Crippen molar-refractivity contribution < 1.29 is 22.7 Å². The highest BCUT2D eigenvalue weighted by Crippen LogP contribution is 2.43. The third-order valence-electron chi connectivity index (χ3n) is 10.9. The zero-order valence-corrected chi connectivity index (χ0v) is 26.9. The van der Waals surface area contributed by atoms with Crippen LogP contribution in [0, 0.1) is 23.7 Å². The molecule has 0 saturated carbocycles. The number of benzene rings is 2. The monoisotopic (exact) mass is 656 g/mol. The first kappa shape index (κ1) is 32.2. The van der Waals surface area contributed by atoms with Gasteiger partial charge in [0.15, 0.2) is 0 Å². The summed E-state index contributed by atoms with van der Waals surface area (Å²) < 4.78 is 37.9. The van der Waals surface area contributed by atoms with Crippen molar-refractivity contribution in [3.8, 4) is 24.3 Å². The van der Waals surface area contributed by atoms with Gasteiger partial charge in [0, 0.05) is 66.0 Å². The number of hydrogen-bond donors (Lipinski definition) is 1. The molecule has 8 rings (SSSR count). The van der Waals surface area contributed by atoms with Gasteiger partial charge in [0.2, 0.25) is 12.2 Å². The largest absolute Gasteiger partial charge is 0.475 e. The standard InChI is InChI=1S/C35H38N6O.C2HF3O/c1-2-24-7-3-8-25-9-4-10-31(32(24)25)39-18-13-28-30(22-39)29(19-36)34(42-23-35-14-5-16-40(35)17-6-15-35)38-33(28)41-26-11-12-27(41)21-37-20-26;3-2(4,5)1-6/h1,3-4,7-10,26-27,37H,5-6,11-18,20-23H2;1H/t26-,27+;. The van der Waals surface area contributed by atoms with Gasteiger partial charge < -0.3 is 19.9 Å². The minimum Gasteiger partial charge on any atom is -0.475 e. The van der Waals surface area contributed by atoms with Gasteiger partial charge in [0.1, 0.15) is 24.1 Å². The number of carbonyl (C=O) groups excluding carboxylic acids is 1. The summed E-state index contributed by atoms with van der Waals surface area (Å²) in [6, 6.07) is 16.0. The number of halogens is 3. The van der Waals surface area contributed by atoms with Crippen molar-refractivity contribution in [3.05, 3.63) is 58.7 Å². The van der Waals surface area contributed by atoms with Crippen molar-refractivity contribution >= 4 is 28.6 Å². The Bertz CT molecular complexity index is 1770. The number of pyridine rings is 1. The molecular weight excluding hydrogens is 617 g/mol. The van der Waals surface area contributed by atoms with E-state index in [0.717, 1.165) is 72.5 Å². The van der Waals surface area contributed by atoms with Gasteiger partial charge in [0.25, 0.3) is 0 Å². The fourth-order valence-corrected chi connectivity index (χ4v) is 8.72. The van der Waals surface area contributed by atoms with E-state index in [4.69, 9.17) is 20.9 Å². The van der Waals surface area contributed by atoms with Crippen molar-refractivity contribution in [2.45, 2.75) is 75.3 Å². The number of fused-ring (bicyclic) bond motifs is 5. The van der Waals surface area contributed by atoms with Gasteiger partial charge in [-0.05, 0) is 75.6 Å². The predicted molar refractivity (Wildman–Crippen MR) is 178 cm³/mol. The average Bonchev–Trinajstić information content (AvgIpc) is 3.76. The quantitative estimate of drug-likeness (QED) is 0.291. The molecule has 0 amide bonds. The molecule has 1 N–H and O–H groups in total. The highest BCUT2D eigenvalue weighted by molar-refractivity contribution is 5.99. The molecule has 48 heavy (non-hydrogen) atoms. The van der Waals surface area contributed by atoms with Gasteiger partial charge in [-0.15, -0.1) is 6.42 Å². The van der Waals surface area contributed by atoms with Gasteiger partial charge in [-0.1, -0.05) is 30.2 Å². The summed E-state index contributed by atoms with van der Waals surface area (Å²) in [5.74, 6) is 4.49. The molecule has 6 heterocycles. The van der Waals surface area contributed by atoms with Crippen molar-refractivity contribution in [1.29, 1.82) is 5.26 Å². The molecule has 250 valence electrons. The van der Waals surface area contributed by atoms with E-state index in [9.17, 15) is 18.4 Å². The predicted octanol–water partition coefficient (Wildman–Crippen LogP) is 5.35. The molecule has 2 atom stereocenters. The molecule has 11 heteroatoms. The first-order chi connectivity index (χ1) is 23.2. The molecule has 0 aliphatic carbocycles. The molecule has 4 fully saturated rings. The fourth-order valence-electron chi connectivity index (χ4n) is 8.72. The van der Waals surface area contributed by atoms with E-state index in [1.165, 1.54) is 44.1 Å². The molecule has 0 radical (unpaired) electrons. The Labute approximate surface area is 278 Å². The van der Waals surface area contributed by atoms with Crippen molar-refractivity contribution in [1.82, 2.24) is 15.2 Å². The summed E-state index contributed by atoms with van der Waals surface area (Å²) in [7, 11) is 0. The number of aromatic nitrogens is 1. The first-order valence-electron chi connectivity index (χ1n) is 16.8. The Morgan fingerprint density at radius 2 is 1.75 bits per heavy atom. The SMILES string of the molecule is C#Cc1cccc2cccc(N3CCc4c(N5[C@@H]6CC[C@H]5CNC6)nc(OCC56CCCN5CCC6)c(C#N)c4C3)c12.O=CC(F)(F)F. The fraction of sp³-hybridized carbons (Fsp3) is 0.486. The third-order valence-corrected chi connectivity index (χ3v) is 10.9. The Kier molecular flexibility index (Phi) is 8.69. The maximum absolute atomic E-state index is 10.6. The van der Waals surface area contributed by atoms with E-state index in [2.05, 4.69) is 56.3 Å². The molecule has 8 nitrogen and oxygen atoms in total. The summed E-state index contributed by atoms with van der Waals surface area (Å²) >= 11 is 0. The zero-order chi connectivity index (χ0) is 33.5. The Morgan fingerprint density at radius 3 is 2.40 bits per heavy atom. The lowest BCUT2D eigenvalue weighted by Gasteiger charge is -2.40. The normalized spacial score (nSPS) is 22.7. The number of rotatable bonds is 5. The second-order valence-electron chi connectivity index (χ2n) is 13.5. The second-order valence-corrected chi connectivity index (χ2v) is 13.5. The summed E-state index contributed by atoms with van der Waals surface area (Å²) in [5.41, 5.74) is 5.04. The molecule has 2 aromatic carbocycles. The number of nitrogens with one attached hydrogen (secondary N) is 1. The Morgan fingerprint density at radius 1 is 1.06 bits per heavy atom. The molecule has 3 aromatic rings. The van der Waals surface area contributed by atoms with Gasteiger partial charge in [0.05, 0.1) is 5.54 Å². The number of anilines is 2. The van der Waals surface area contributed by atoms with Crippen LogP contribution >= 0.6 is 0 Å². The van der Waals surface area contributed by atoms with Gasteiger partial charge in [-0.25, -0.2) is 0 Å². The number of ether oxygens (including phenoxy) is 1. The third kappa shape index (κ3) is 5.84. The molecule has 0 unspecified atom stereocenters. The van der Waals surface area contributed by atoms with Crippen molar-refractivity contribution in [2.24, 2.45) is 0 Å². The van der Waals surface area contributed by atoms with E-state index in [-0.39, 0.29) is 5.54 Å². The van der Waals surface area contributed by atoms with Crippen LogP contribution in [0.25, 0.3) is 10.8 Å². The molecular formula is C37H39F3N6O2. The number of alkyl halides is 3. The summed E-state index contributed by atoms with van der Waals surface area (Å²) in [6.07, 6.45) is 8.24. The molecule has 5 aliphatic heterocycles. The number of piperazine rings is 1. The van der Waals surface area contributed by atoms with Crippen LogP contribution in [-0.4, -0.2) is 79.3 Å². The Hall–Kier alpha value is -4.32. The van der Waals surface area contributed by atoms with E-state index in [1.54, 1.807) is 0 Å². The van der Waals surface area contributed by atoms with Crippen LogP contribution < -0.4 is 19.9 Å². The molecule has 0 spiro atoms. The van der Waals surface area contributed by atoms with Crippen LogP contribution in [-0.2, 0) is 17.8 Å². The molecule has 5 aliphatic rings. The lowest BCUT2D eigenvalue weighted by atomic mass is 9.93. The number of nitriles is 1. The Balaban J connectivity index is 0.000000559. The topological polar surface area (TPSA) is 84.7 Å². The smallest absolute Gasteiger partial charge is 0.446 e. The van der Waals surface area contributed by atoms with E-state index >= 15 is 0 Å². The maximum Gasteiger partial charge on any atom is 0.446 e. The van der Waals surface area contributed by atoms with Crippen molar-refractivity contribution in [2.75, 3.05) is 49.1 Å². The average molecular weight is 657 g/mol. The summed E-state index contributed by atoms with van der Waals surface area (Å²) in [6.45, 7) is 6.38. The number of aldehydes is 1. The van der Waals surface area contributed by atoms with E-state index in [0.29, 0.717) is 36.7 Å². The second kappa shape index (κ2) is 12.9. The van der Waals surface area contributed by atoms with Crippen LogP contribution in [0.3, 0.4) is 0 Å². The van der Waals surface area contributed by atoms with Crippen LogP contribution in [0.1, 0.15) is 60.8 Å². The summed E-state index contributed by atoms with van der Waals surface area (Å²) in [4.78, 5) is 21.5. The van der Waals surface area contributed by atoms with Crippen LogP contribution in [0.4, 0.5) is 24.7 Å². The zero-order valence-electron chi connectivity index (χ0n) is 26.9. The van der Waals surface area contributed by atoms with E-state index < -0.39 is 12.5 Å². The number of carbonyl (C=O) groups is 1. The van der Waals surface area contributed by atoms with Gasteiger partial charge in [-0.2, -0.15) is 23.4 Å². The van der Waals surface area contributed by atoms with Crippen LogP contribution in [0.5, 0.6) is 5.88 Å². The van der Waals surface area contributed by atoms with Gasteiger partial charge in [-0.3, -0.25) is 9.69 Å². The summed E-state index contributed by atoms with van der Waals surface area (Å²) in [5, 5.41) is 16.5. The number of terminal acetylenes is 1. The lowest BCUT2D eigenvalue weighted by Crippen LogP contribution is -2.53. The maximum atomic E-state index is 10.6. The molecule has 1 aromatic heterocycles. The van der Waals surface area contributed by atoms with Crippen LogP contribution in [0.2, 0.25) is 0 Å².